The zero-order chi connectivity index (χ0) is 34.0. The van der Waals surface area contributed by atoms with Gasteiger partial charge in [-0.3, -0.25) is 4.90 Å². The average Bonchev–Trinajstić information content (AvgIpc) is 3.38. The standard InChI is InChI=1S/C46H52N2/c1-44(2,3)35-29-31(16-14-22-40-45(4,5)42-36-20-12-10-18-33(36)24-26-38(42)47(40)8)28-32(30-35)17-15-23-41-46(6,7)43-37-21-13-11-19-34(37)25-27-39(43)48(41)9/h10-28,35,40H,29-30H2,1-9H3/p+1/b17-15+,22-14+,31-16-,41-23+. The van der Waals surface area contributed by atoms with Gasteiger partial charge in [-0.15, -0.1) is 0 Å². The van der Waals surface area contributed by atoms with E-state index in [9.17, 15) is 0 Å². The number of allylic oxidation sites excluding steroid dienone is 9. The van der Waals surface area contributed by atoms with Crippen molar-refractivity contribution in [2.75, 3.05) is 19.0 Å². The molecule has 0 saturated heterocycles. The van der Waals surface area contributed by atoms with Crippen molar-refractivity contribution >= 4 is 32.9 Å². The second-order valence-corrected chi connectivity index (χ2v) is 16.7. The molecule has 0 radical (unpaired) electrons. The van der Waals surface area contributed by atoms with Gasteiger partial charge in [-0.25, -0.2) is 0 Å². The van der Waals surface area contributed by atoms with Crippen molar-refractivity contribution in [2.45, 2.75) is 78.2 Å². The van der Waals surface area contributed by atoms with Crippen LogP contribution in [0.5, 0.6) is 0 Å². The van der Waals surface area contributed by atoms with E-state index in [1.54, 1.807) is 0 Å². The van der Waals surface area contributed by atoms with Crippen LogP contribution in [0.3, 0.4) is 0 Å². The predicted octanol–water partition coefficient (Wildman–Crippen LogP) is 10.5. The molecule has 0 saturated carbocycles. The van der Waals surface area contributed by atoms with Crippen molar-refractivity contribution in [3.05, 3.63) is 143 Å². The summed E-state index contributed by atoms with van der Waals surface area (Å²) < 4.78 is 0. The number of hydrogen-bond donors (Lipinski definition) is 1. The molecule has 2 heteroatoms. The van der Waals surface area contributed by atoms with Gasteiger partial charge >= 0.3 is 0 Å². The quantitative estimate of drug-likeness (QED) is 0.235. The zero-order valence-electron chi connectivity index (χ0n) is 30.5. The van der Waals surface area contributed by atoms with Gasteiger partial charge < -0.3 is 4.90 Å². The number of anilines is 1. The monoisotopic (exact) mass is 633 g/mol. The minimum absolute atomic E-state index is 0.0418. The molecule has 2 aliphatic heterocycles. The van der Waals surface area contributed by atoms with Crippen molar-refractivity contribution in [2.24, 2.45) is 11.3 Å². The van der Waals surface area contributed by atoms with E-state index >= 15 is 0 Å². The Balaban J connectivity index is 1.16. The number of hydrogen-bond acceptors (Lipinski definition) is 1. The van der Waals surface area contributed by atoms with Gasteiger partial charge in [0.05, 0.1) is 12.5 Å². The molecule has 4 aromatic rings. The molecule has 0 fully saturated rings. The predicted molar refractivity (Wildman–Crippen MR) is 207 cm³/mol. The van der Waals surface area contributed by atoms with Gasteiger partial charge in [-0.05, 0) is 107 Å². The fraction of sp³-hybridized carbons (Fsp3) is 0.348. The van der Waals surface area contributed by atoms with Crippen LogP contribution in [0, 0.1) is 11.3 Å². The first kappa shape index (κ1) is 32.4. The summed E-state index contributed by atoms with van der Waals surface area (Å²) in [5, 5.41) is 5.40. The Hall–Kier alpha value is -4.14. The normalized spacial score (nSPS) is 25.1. The second-order valence-electron chi connectivity index (χ2n) is 16.7. The first-order valence-corrected chi connectivity index (χ1v) is 17.9. The maximum atomic E-state index is 2.46. The maximum absolute atomic E-state index is 2.46. The van der Waals surface area contributed by atoms with Gasteiger partial charge in [-0.1, -0.05) is 120 Å². The third kappa shape index (κ3) is 5.39. The van der Waals surface area contributed by atoms with Gasteiger partial charge in [0.1, 0.15) is 11.7 Å². The summed E-state index contributed by atoms with van der Waals surface area (Å²) in [5.41, 5.74) is 10.1. The number of rotatable bonds is 4. The number of likely N-dealkylation sites (N-methyl/N-ethyl adjacent to an activating group) is 2. The van der Waals surface area contributed by atoms with Crippen LogP contribution >= 0.6 is 0 Å². The Morgan fingerprint density at radius 3 is 2.10 bits per heavy atom. The Morgan fingerprint density at radius 1 is 0.771 bits per heavy atom. The molecule has 0 bridgehead atoms. The number of nitrogens with zero attached hydrogens (tertiary/aromatic N) is 1. The lowest BCUT2D eigenvalue weighted by molar-refractivity contribution is -0.828. The lowest BCUT2D eigenvalue weighted by Crippen LogP contribution is -3.07. The lowest BCUT2D eigenvalue weighted by atomic mass is 9.71. The van der Waals surface area contributed by atoms with Crippen LogP contribution in [0.25, 0.3) is 21.5 Å². The van der Waals surface area contributed by atoms with Crippen LogP contribution in [0.4, 0.5) is 11.4 Å². The fourth-order valence-corrected chi connectivity index (χ4v) is 9.13. The molecule has 4 aromatic carbocycles. The van der Waals surface area contributed by atoms with E-state index in [0.29, 0.717) is 12.0 Å². The van der Waals surface area contributed by atoms with Crippen molar-refractivity contribution in [1.82, 2.24) is 0 Å². The largest absolute Gasteiger partial charge is 0.347 e. The van der Waals surface area contributed by atoms with Crippen LogP contribution in [0.2, 0.25) is 0 Å². The van der Waals surface area contributed by atoms with Gasteiger partial charge in [0.2, 0.25) is 0 Å². The van der Waals surface area contributed by atoms with Gasteiger partial charge in [0, 0.05) is 29.4 Å². The number of benzene rings is 4. The smallest absolute Gasteiger partial charge is 0.136 e. The van der Waals surface area contributed by atoms with Crippen molar-refractivity contribution < 1.29 is 4.90 Å². The van der Waals surface area contributed by atoms with Crippen LogP contribution in [0.15, 0.2) is 132 Å². The molecule has 246 valence electrons. The number of quaternary nitrogens is 1. The molecule has 1 N–H and O–H groups in total. The molecule has 0 aromatic heterocycles. The minimum atomic E-state index is -0.0743. The average molecular weight is 634 g/mol. The first-order valence-electron chi connectivity index (χ1n) is 17.9. The summed E-state index contributed by atoms with van der Waals surface area (Å²) in [4.78, 5) is 3.87. The first-order chi connectivity index (χ1) is 22.8. The fourth-order valence-electron chi connectivity index (χ4n) is 9.13. The highest BCUT2D eigenvalue weighted by molar-refractivity contribution is 5.95. The van der Waals surface area contributed by atoms with Crippen LogP contribution in [-0.2, 0) is 10.8 Å². The maximum Gasteiger partial charge on any atom is 0.136 e. The molecule has 1 aliphatic carbocycles. The van der Waals surface area contributed by atoms with E-state index in [0.717, 1.165) is 12.8 Å². The molecule has 2 heterocycles. The highest BCUT2D eigenvalue weighted by atomic mass is 15.2. The molecule has 0 amide bonds. The van der Waals surface area contributed by atoms with Gasteiger partial charge in [-0.2, -0.15) is 0 Å². The second kappa shape index (κ2) is 11.8. The molecular weight excluding hydrogens is 581 g/mol. The van der Waals surface area contributed by atoms with Crippen molar-refractivity contribution in [3.63, 3.8) is 0 Å². The van der Waals surface area contributed by atoms with Crippen LogP contribution in [0.1, 0.15) is 72.4 Å². The molecule has 2 nitrogen and oxygen atoms in total. The Labute approximate surface area is 288 Å². The van der Waals surface area contributed by atoms with E-state index in [-0.39, 0.29) is 16.2 Å². The number of fused-ring (bicyclic) bond motifs is 6. The van der Waals surface area contributed by atoms with Gasteiger partial charge in [0.25, 0.3) is 0 Å². The summed E-state index contributed by atoms with van der Waals surface area (Å²) in [6, 6.07) is 27.2. The summed E-state index contributed by atoms with van der Waals surface area (Å²) in [6.07, 6.45) is 18.9. The van der Waals surface area contributed by atoms with Crippen LogP contribution < -0.4 is 9.80 Å². The van der Waals surface area contributed by atoms with E-state index in [1.165, 1.54) is 65.8 Å². The molecule has 0 spiro atoms. The van der Waals surface area contributed by atoms with E-state index in [2.05, 4.69) is 183 Å². The lowest BCUT2D eigenvalue weighted by Gasteiger charge is -2.34. The molecule has 48 heavy (non-hydrogen) atoms. The molecule has 7 rings (SSSR count). The van der Waals surface area contributed by atoms with E-state index < -0.39 is 0 Å². The molecule has 3 aliphatic rings. The molecule has 3 unspecified atom stereocenters. The van der Waals surface area contributed by atoms with Gasteiger partial charge in [0.15, 0.2) is 0 Å². The summed E-state index contributed by atoms with van der Waals surface area (Å²) in [6.45, 7) is 16.8. The Morgan fingerprint density at radius 2 is 1.42 bits per heavy atom. The Kier molecular flexibility index (Phi) is 7.95. The number of nitrogens with one attached hydrogen (secondary N) is 1. The van der Waals surface area contributed by atoms with Crippen molar-refractivity contribution in [1.29, 1.82) is 0 Å². The third-order valence-corrected chi connectivity index (χ3v) is 11.9. The zero-order valence-corrected chi connectivity index (χ0v) is 30.5. The van der Waals surface area contributed by atoms with E-state index in [4.69, 9.17) is 0 Å². The van der Waals surface area contributed by atoms with E-state index in [1.807, 2.05) is 0 Å². The summed E-state index contributed by atoms with van der Waals surface area (Å²) in [5.74, 6) is 0.600. The highest BCUT2D eigenvalue weighted by Gasteiger charge is 2.47. The minimum Gasteiger partial charge on any atom is -0.347 e. The Bertz CT molecular complexity index is 2060. The summed E-state index contributed by atoms with van der Waals surface area (Å²) in [7, 11) is 4.55. The summed E-state index contributed by atoms with van der Waals surface area (Å²) >= 11 is 0. The topological polar surface area (TPSA) is 7.68 Å². The SMILES string of the molecule is CN1/C(=C/C=C/C2=CC(=C/C=C/C3[NH+](C)c4ccc5ccccc5c4C3(C)C)/CC(C(C)(C)C)C2)C(C)(C)c2c1ccc1ccccc21. The molecular formula is C46H53N2+. The highest BCUT2D eigenvalue weighted by Crippen LogP contribution is 2.50. The van der Waals surface area contributed by atoms with Crippen molar-refractivity contribution in [3.8, 4) is 0 Å². The van der Waals surface area contributed by atoms with Crippen LogP contribution in [-0.4, -0.2) is 20.1 Å². The molecule has 3 atom stereocenters. The third-order valence-electron chi connectivity index (χ3n) is 11.9.